The summed E-state index contributed by atoms with van der Waals surface area (Å²) in [6.45, 7) is 5.32. The number of aromatic nitrogens is 4. The smallest absolute Gasteiger partial charge is 0.257 e. The molecule has 2 aromatic rings. The van der Waals surface area contributed by atoms with Crippen LogP contribution in [-0.4, -0.2) is 50.4 Å². The molecule has 4 rings (SSSR count). The number of nitrogens with zero attached hydrogens (tertiary/aromatic N) is 5. The van der Waals surface area contributed by atoms with Gasteiger partial charge in [-0.25, -0.2) is 19.9 Å². The number of carbonyl (C=O) groups is 1. The van der Waals surface area contributed by atoms with Gasteiger partial charge >= 0.3 is 0 Å². The van der Waals surface area contributed by atoms with Gasteiger partial charge in [-0.15, -0.1) is 0 Å². The van der Waals surface area contributed by atoms with E-state index in [-0.39, 0.29) is 12.0 Å². The minimum Gasteiger partial charge on any atom is -0.367 e. The van der Waals surface area contributed by atoms with Gasteiger partial charge in [-0.2, -0.15) is 0 Å². The van der Waals surface area contributed by atoms with Crippen molar-refractivity contribution in [2.75, 3.05) is 19.7 Å². The standard InChI is InChI=1S/C18H21N5O2/c1-11-7-12(2)22-17(21-11)15-10-23(5-6-25-15)18(24)14-8-19-16(20-9-14)13-3-4-13/h7-9,13,15H,3-6,10H2,1-2H3/t15-/m1/s1. The Morgan fingerprint density at radius 2 is 1.80 bits per heavy atom. The highest BCUT2D eigenvalue weighted by atomic mass is 16.5. The predicted octanol–water partition coefficient (Wildman–Crippen LogP) is 1.97. The number of amides is 1. The second-order valence-electron chi connectivity index (χ2n) is 6.72. The first-order chi connectivity index (χ1) is 12.1. The van der Waals surface area contributed by atoms with Gasteiger partial charge in [-0.3, -0.25) is 4.79 Å². The van der Waals surface area contributed by atoms with Crippen LogP contribution >= 0.6 is 0 Å². The van der Waals surface area contributed by atoms with Gasteiger partial charge in [-0.05, 0) is 32.8 Å². The second kappa shape index (κ2) is 6.48. The lowest BCUT2D eigenvalue weighted by Gasteiger charge is -2.32. The van der Waals surface area contributed by atoms with Crippen LogP contribution in [0.4, 0.5) is 0 Å². The largest absolute Gasteiger partial charge is 0.367 e. The number of carbonyl (C=O) groups excluding carboxylic acids is 1. The molecule has 1 saturated carbocycles. The number of aryl methyl sites for hydroxylation is 2. The van der Waals surface area contributed by atoms with Crippen molar-refractivity contribution < 1.29 is 9.53 Å². The predicted molar refractivity (Wildman–Crippen MR) is 90.1 cm³/mol. The van der Waals surface area contributed by atoms with Crippen molar-refractivity contribution in [3.05, 3.63) is 47.1 Å². The summed E-state index contributed by atoms with van der Waals surface area (Å²) in [4.78, 5) is 32.1. The third kappa shape index (κ3) is 3.51. The average molecular weight is 339 g/mol. The van der Waals surface area contributed by atoms with Gasteiger partial charge in [0.2, 0.25) is 0 Å². The quantitative estimate of drug-likeness (QED) is 0.850. The SMILES string of the molecule is Cc1cc(C)nc([C@H]2CN(C(=O)c3cnc(C4CC4)nc3)CCO2)n1. The molecule has 7 heteroatoms. The maximum Gasteiger partial charge on any atom is 0.257 e. The Morgan fingerprint density at radius 3 is 2.44 bits per heavy atom. The molecule has 1 amide bonds. The fourth-order valence-corrected chi connectivity index (χ4v) is 3.07. The minimum atomic E-state index is -0.303. The number of hydrogen-bond donors (Lipinski definition) is 0. The molecule has 0 radical (unpaired) electrons. The lowest BCUT2D eigenvalue weighted by atomic mass is 10.2. The molecule has 7 nitrogen and oxygen atoms in total. The van der Waals surface area contributed by atoms with E-state index in [1.807, 2.05) is 19.9 Å². The molecule has 2 fully saturated rings. The summed E-state index contributed by atoms with van der Waals surface area (Å²) < 4.78 is 5.80. The second-order valence-corrected chi connectivity index (χ2v) is 6.72. The zero-order valence-corrected chi connectivity index (χ0v) is 14.5. The summed E-state index contributed by atoms with van der Waals surface area (Å²) in [5.74, 6) is 1.90. The lowest BCUT2D eigenvalue weighted by Crippen LogP contribution is -2.42. The summed E-state index contributed by atoms with van der Waals surface area (Å²) in [5, 5.41) is 0. The van der Waals surface area contributed by atoms with Crippen LogP contribution in [0.3, 0.4) is 0 Å². The maximum absolute atomic E-state index is 12.8. The van der Waals surface area contributed by atoms with Crippen molar-refractivity contribution in [1.29, 1.82) is 0 Å². The number of hydrogen-bond acceptors (Lipinski definition) is 6. The van der Waals surface area contributed by atoms with E-state index in [1.165, 1.54) is 0 Å². The summed E-state index contributed by atoms with van der Waals surface area (Å²) >= 11 is 0. The Kier molecular flexibility index (Phi) is 4.17. The van der Waals surface area contributed by atoms with Crippen molar-refractivity contribution >= 4 is 5.91 Å². The molecular weight excluding hydrogens is 318 g/mol. The van der Waals surface area contributed by atoms with Crippen LogP contribution in [0.2, 0.25) is 0 Å². The fraction of sp³-hybridized carbons (Fsp3) is 0.500. The molecule has 0 N–H and O–H groups in total. The number of rotatable bonds is 3. The van der Waals surface area contributed by atoms with Crippen LogP contribution in [0, 0.1) is 13.8 Å². The molecule has 0 bridgehead atoms. The Morgan fingerprint density at radius 1 is 1.12 bits per heavy atom. The third-order valence-corrected chi connectivity index (χ3v) is 4.50. The molecule has 130 valence electrons. The molecule has 1 saturated heterocycles. The van der Waals surface area contributed by atoms with Gasteiger partial charge in [0.1, 0.15) is 11.9 Å². The topological polar surface area (TPSA) is 81.1 Å². The molecule has 2 aromatic heterocycles. The Hall–Kier alpha value is -2.41. The Bertz CT molecular complexity index is 768. The van der Waals surface area contributed by atoms with Gasteiger partial charge in [-0.1, -0.05) is 0 Å². The summed E-state index contributed by atoms with van der Waals surface area (Å²) in [7, 11) is 0. The van der Waals surface area contributed by atoms with E-state index >= 15 is 0 Å². The molecule has 25 heavy (non-hydrogen) atoms. The van der Waals surface area contributed by atoms with E-state index in [2.05, 4.69) is 19.9 Å². The summed E-state index contributed by atoms with van der Waals surface area (Å²) in [6, 6.07) is 1.92. The summed E-state index contributed by atoms with van der Waals surface area (Å²) in [6.07, 6.45) is 5.27. The number of ether oxygens (including phenoxy) is 1. The van der Waals surface area contributed by atoms with Crippen LogP contribution in [0.5, 0.6) is 0 Å². The highest BCUT2D eigenvalue weighted by molar-refractivity contribution is 5.93. The third-order valence-electron chi connectivity index (χ3n) is 4.50. The molecule has 1 aliphatic carbocycles. The van der Waals surface area contributed by atoms with Crippen molar-refractivity contribution in [3.8, 4) is 0 Å². The van der Waals surface area contributed by atoms with Crippen molar-refractivity contribution in [2.45, 2.75) is 38.7 Å². The zero-order chi connectivity index (χ0) is 17.4. The monoisotopic (exact) mass is 339 g/mol. The number of morpholine rings is 1. The zero-order valence-electron chi connectivity index (χ0n) is 14.5. The normalized spacial score (nSPS) is 20.6. The first-order valence-corrected chi connectivity index (χ1v) is 8.65. The molecule has 1 aliphatic heterocycles. The maximum atomic E-state index is 12.8. The van der Waals surface area contributed by atoms with Crippen LogP contribution in [0.25, 0.3) is 0 Å². The fourth-order valence-electron chi connectivity index (χ4n) is 3.07. The van der Waals surface area contributed by atoms with E-state index < -0.39 is 0 Å². The van der Waals surface area contributed by atoms with Gasteiger partial charge < -0.3 is 9.64 Å². The minimum absolute atomic E-state index is 0.0694. The molecule has 3 heterocycles. The summed E-state index contributed by atoms with van der Waals surface area (Å²) in [5.41, 5.74) is 2.32. The first-order valence-electron chi connectivity index (χ1n) is 8.65. The van der Waals surface area contributed by atoms with Gasteiger partial charge in [0, 0.05) is 36.2 Å². The van der Waals surface area contributed by atoms with Gasteiger partial charge in [0.05, 0.1) is 18.7 Å². The van der Waals surface area contributed by atoms with Gasteiger partial charge in [0.15, 0.2) is 5.82 Å². The lowest BCUT2D eigenvalue weighted by molar-refractivity contribution is -0.0269. The van der Waals surface area contributed by atoms with Crippen LogP contribution in [0.15, 0.2) is 18.5 Å². The van der Waals surface area contributed by atoms with Crippen molar-refractivity contribution in [3.63, 3.8) is 0 Å². The Labute approximate surface area is 146 Å². The van der Waals surface area contributed by atoms with E-state index in [0.29, 0.717) is 37.0 Å². The highest BCUT2D eigenvalue weighted by Gasteiger charge is 2.30. The van der Waals surface area contributed by atoms with Crippen molar-refractivity contribution in [1.82, 2.24) is 24.8 Å². The van der Waals surface area contributed by atoms with Crippen molar-refractivity contribution in [2.24, 2.45) is 0 Å². The van der Waals surface area contributed by atoms with Gasteiger partial charge in [0.25, 0.3) is 5.91 Å². The molecule has 2 aliphatic rings. The molecule has 0 spiro atoms. The first kappa shape index (κ1) is 16.1. The van der Waals surface area contributed by atoms with Crippen LogP contribution in [0.1, 0.15) is 58.3 Å². The molecule has 1 atom stereocenters. The highest BCUT2D eigenvalue weighted by Crippen LogP contribution is 2.37. The average Bonchev–Trinajstić information content (AvgIpc) is 3.46. The van der Waals surface area contributed by atoms with E-state index in [4.69, 9.17) is 4.74 Å². The van der Waals surface area contributed by atoms with E-state index in [9.17, 15) is 4.79 Å². The molecule has 0 aromatic carbocycles. The van der Waals surface area contributed by atoms with E-state index in [0.717, 1.165) is 30.1 Å². The Balaban J connectivity index is 1.49. The molecule has 0 unspecified atom stereocenters. The van der Waals surface area contributed by atoms with Crippen LogP contribution in [-0.2, 0) is 4.74 Å². The van der Waals surface area contributed by atoms with E-state index in [1.54, 1.807) is 17.3 Å². The molecular formula is C18H21N5O2. The van der Waals surface area contributed by atoms with Crippen LogP contribution < -0.4 is 0 Å².